The molecule has 1 atom stereocenters. The van der Waals surface area contributed by atoms with Gasteiger partial charge in [-0.15, -0.1) is 0 Å². The van der Waals surface area contributed by atoms with Gasteiger partial charge in [-0.2, -0.15) is 0 Å². The Balaban J connectivity index is 1.96. The summed E-state index contributed by atoms with van der Waals surface area (Å²) in [7, 11) is 0. The summed E-state index contributed by atoms with van der Waals surface area (Å²) in [5.74, 6) is -0.444. The minimum Gasteiger partial charge on any atom is -0.347 e. The number of fused-ring (bicyclic) bond motifs is 1. The Labute approximate surface area is 145 Å². The van der Waals surface area contributed by atoms with Crippen LogP contribution in [0, 0.1) is 0 Å². The van der Waals surface area contributed by atoms with Crippen molar-refractivity contribution in [2.45, 2.75) is 26.3 Å². The molecule has 1 unspecified atom stereocenters. The Bertz CT molecular complexity index is 902. The maximum Gasteiger partial charge on any atom is 0.287 e. The van der Waals surface area contributed by atoms with E-state index in [1.807, 2.05) is 38.1 Å². The Hall–Kier alpha value is -3.15. The zero-order valence-electron chi connectivity index (χ0n) is 14.2. The molecule has 0 bridgehead atoms. The Morgan fingerprint density at radius 2 is 1.80 bits per heavy atom. The fourth-order valence-electron chi connectivity index (χ4n) is 2.47. The summed E-state index contributed by atoms with van der Waals surface area (Å²) in [6.45, 7) is 3.92. The van der Waals surface area contributed by atoms with Gasteiger partial charge in [0.15, 0.2) is 5.69 Å². The van der Waals surface area contributed by atoms with Crippen LogP contribution in [0.25, 0.3) is 5.52 Å². The molecule has 2 aromatic heterocycles. The SMILES string of the molecule is CCC(C)NC(=O)c1nc(C(=O)Nc2ccccc2)c2ccccn12. The number of benzene rings is 1. The molecular formula is C19H20N4O2. The zero-order valence-corrected chi connectivity index (χ0v) is 14.2. The van der Waals surface area contributed by atoms with Crippen LogP contribution in [-0.2, 0) is 0 Å². The smallest absolute Gasteiger partial charge is 0.287 e. The molecule has 0 aliphatic carbocycles. The number of carbonyl (C=O) groups is 2. The number of anilines is 1. The molecule has 6 heteroatoms. The van der Waals surface area contributed by atoms with Crippen molar-refractivity contribution in [2.24, 2.45) is 0 Å². The number of hydrogen-bond donors (Lipinski definition) is 2. The second kappa shape index (κ2) is 7.17. The maximum absolute atomic E-state index is 12.6. The summed E-state index contributed by atoms with van der Waals surface area (Å²) >= 11 is 0. The van der Waals surface area contributed by atoms with Crippen LogP contribution in [0.1, 0.15) is 41.4 Å². The predicted molar refractivity (Wildman–Crippen MR) is 96.8 cm³/mol. The maximum atomic E-state index is 12.6. The monoisotopic (exact) mass is 336 g/mol. The number of nitrogens with one attached hydrogen (secondary N) is 2. The van der Waals surface area contributed by atoms with Crippen molar-refractivity contribution < 1.29 is 9.59 Å². The average molecular weight is 336 g/mol. The molecule has 2 amide bonds. The summed E-state index contributed by atoms with van der Waals surface area (Å²) in [5, 5.41) is 5.69. The van der Waals surface area contributed by atoms with E-state index in [2.05, 4.69) is 15.6 Å². The number of nitrogens with zero attached hydrogens (tertiary/aromatic N) is 2. The lowest BCUT2D eigenvalue weighted by molar-refractivity contribution is 0.0928. The molecule has 0 radical (unpaired) electrons. The average Bonchev–Trinajstić information content (AvgIpc) is 3.02. The van der Waals surface area contributed by atoms with E-state index in [-0.39, 0.29) is 29.4 Å². The third-order valence-corrected chi connectivity index (χ3v) is 3.99. The molecule has 0 saturated carbocycles. The van der Waals surface area contributed by atoms with Crippen LogP contribution >= 0.6 is 0 Å². The van der Waals surface area contributed by atoms with Gasteiger partial charge in [-0.05, 0) is 37.6 Å². The van der Waals surface area contributed by atoms with Gasteiger partial charge in [0.05, 0.1) is 5.52 Å². The van der Waals surface area contributed by atoms with Crippen LogP contribution in [-0.4, -0.2) is 27.2 Å². The summed E-state index contributed by atoms with van der Waals surface area (Å²) < 4.78 is 1.64. The Morgan fingerprint density at radius 3 is 2.52 bits per heavy atom. The van der Waals surface area contributed by atoms with Gasteiger partial charge in [-0.25, -0.2) is 4.98 Å². The van der Waals surface area contributed by atoms with Crippen molar-refractivity contribution in [3.63, 3.8) is 0 Å². The number of rotatable bonds is 5. The van der Waals surface area contributed by atoms with E-state index in [0.29, 0.717) is 11.2 Å². The molecule has 6 nitrogen and oxygen atoms in total. The topological polar surface area (TPSA) is 75.5 Å². The van der Waals surface area contributed by atoms with Crippen molar-refractivity contribution in [1.82, 2.24) is 14.7 Å². The van der Waals surface area contributed by atoms with E-state index in [9.17, 15) is 9.59 Å². The van der Waals surface area contributed by atoms with Crippen LogP contribution in [0.3, 0.4) is 0 Å². The number of pyridine rings is 1. The molecule has 0 aliphatic heterocycles. The van der Waals surface area contributed by atoms with Crippen molar-refractivity contribution in [3.8, 4) is 0 Å². The van der Waals surface area contributed by atoms with Gasteiger partial charge in [0.2, 0.25) is 5.82 Å². The van der Waals surface area contributed by atoms with Gasteiger partial charge in [0, 0.05) is 17.9 Å². The first-order chi connectivity index (χ1) is 12.1. The standard InChI is InChI=1S/C19H20N4O2/c1-3-13(2)20-19(25)17-22-16(15-11-7-8-12-23(15)17)18(24)21-14-9-5-4-6-10-14/h4-13H,3H2,1-2H3,(H,20,25)(H,21,24). The van der Waals surface area contributed by atoms with Crippen molar-refractivity contribution in [3.05, 3.63) is 66.2 Å². The summed E-state index contributed by atoms with van der Waals surface area (Å²) in [6.07, 6.45) is 2.55. The lowest BCUT2D eigenvalue weighted by Crippen LogP contribution is -2.33. The van der Waals surface area contributed by atoms with Crippen molar-refractivity contribution >= 4 is 23.0 Å². The fourth-order valence-corrected chi connectivity index (χ4v) is 2.47. The van der Waals surface area contributed by atoms with Gasteiger partial charge in [-0.3, -0.25) is 14.0 Å². The third kappa shape index (κ3) is 3.52. The lowest BCUT2D eigenvalue weighted by Gasteiger charge is -2.10. The van der Waals surface area contributed by atoms with E-state index < -0.39 is 0 Å². The summed E-state index contributed by atoms with van der Waals surface area (Å²) in [5.41, 5.74) is 1.49. The van der Waals surface area contributed by atoms with Crippen LogP contribution in [0.15, 0.2) is 54.7 Å². The largest absolute Gasteiger partial charge is 0.347 e. The molecule has 3 aromatic rings. The molecule has 0 fully saturated rings. The van der Waals surface area contributed by atoms with Gasteiger partial charge in [-0.1, -0.05) is 31.2 Å². The minimum atomic E-state index is -0.350. The molecule has 0 saturated heterocycles. The minimum absolute atomic E-state index is 0.0326. The summed E-state index contributed by atoms with van der Waals surface area (Å²) in [4.78, 5) is 29.4. The molecule has 0 aliphatic rings. The van der Waals surface area contributed by atoms with Gasteiger partial charge in [0.1, 0.15) is 0 Å². The highest BCUT2D eigenvalue weighted by molar-refractivity contribution is 6.08. The molecular weight excluding hydrogens is 316 g/mol. The van der Waals surface area contributed by atoms with Crippen LogP contribution in [0.5, 0.6) is 0 Å². The van der Waals surface area contributed by atoms with E-state index in [4.69, 9.17) is 0 Å². The molecule has 128 valence electrons. The molecule has 25 heavy (non-hydrogen) atoms. The van der Waals surface area contributed by atoms with Crippen molar-refractivity contribution in [2.75, 3.05) is 5.32 Å². The Morgan fingerprint density at radius 1 is 1.08 bits per heavy atom. The number of imidazole rings is 1. The number of hydrogen-bond acceptors (Lipinski definition) is 3. The highest BCUT2D eigenvalue weighted by atomic mass is 16.2. The fraction of sp³-hybridized carbons (Fsp3) is 0.211. The Kier molecular flexibility index (Phi) is 4.79. The third-order valence-electron chi connectivity index (χ3n) is 3.99. The first-order valence-electron chi connectivity index (χ1n) is 8.24. The number of aromatic nitrogens is 2. The molecule has 0 spiro atoms. The zero-order chi connectivity index (χ0) is 17.8. The normalized spacial score (nSPS) is 11.9. The second-order valence-electron chi connectivity index (χ2n) is 5.84. The van der Waals surface area contributed by atoms with Crippen LogP contribution < -0.4 is 10.6 Å². The number of amides is 2. The molecule has 2 N–H and O–H groups in total. The quantitative estimate of drug-likeness (QED) is 0.752. The van der Waals surface area contributed by atoms with Crippen molar-refractivity contribution in [1.29, 1.82) is 0 Å². The van der Waals surface area contributed by atoms with E-state index in [0.717, 1.165) is 6.42 Å². The molecule has 1 aromatic carbocycles. The molecule has 2 heterocycles. The van der Waals surface area contributed by atoms with Gasteiger partial charge >= 0.3 is 0 Å². The lowest BCUT2D eigenvalue weighted by atomic mass is 10.2. The van der Waals surface area contributed by atoms with Crippen LogP contribution in [0.4, 0.5) is 5.69 Å². The number of carbonyl (C=O) groups excluding carboxylic acids is 2. The number of para-hydroxylation sites is 1. The van der Waals surface area contributed by atoms with E-state index >= 15 is 0 Å². The first-order valence-corrected chi connectivity index (χ1v) is 8.24. The highest BCUT2D eigenvalue weighted by Gasteiger charge is 2.22. The second-order valence-corrected chi connectivity index (χ2v) is 5.84. The highest BCUT2D eigenvalue weighted by Crippen LogP contribution is 2.16. The van der Waals surface area contributed by atoms with Gasteiger partial charge < -0.3 is 10.6 Å². The van der Waals surface area contributed by atoms with E-state index in [1.54, 1.807) is 34.9 Å². The first kappa shape index (κ1) is 16.7. The molecule has 3 rings (SSSR count). The summed E-state index contributed by atoms with van der Waals surface area (Å²) in [6, 6.07) is 14.6. The van der Waals surface area contributed by atoms with Crippen LogP contribution in [0.2, 0.25) is 0 Å². The van der Waals surface area contributed by atoms with E-state index in [1.165, 1.54) is 0 Å². The van der Waals surface area contributed by atoms with Gasteiger partial charge in [0.25, 0.3) is 11.8 Å². The predicted octanol–water partition coefficient (Wildman–Crippen LogP) is 3.11.